The average Bonchev–Trinajstić information content (AvgIpc) is 2.84. The second kappa shape index (κ2) is 5.72. The monoisotopic (exact) mass is 333 g/mol. The van der Waals surface area contributed by atoms with E-state index in [4.69, 9.17) is 10.5 Å². The third kappa shape index (κ3) is 2.37. The Morgan fingerprint density at radius 1 is 0.958 bits per heavy atom. The summed E-state index contributed by atoms with van der Waals surface area (Å²) in [7, 11) is 0. The van der Waals surface area contributed by atoms with Crippen LogP contribution in [0.1, 0.15) is 78.6 Å². The van der Waals surface area contributed by atoms with Gasteiger partial charge in [-0.15, -0.1) is 0 Å². The maximum atomic E-state index is 11.5. The number of hydrogen-bond donors (Lipinski definition) is 1. The van der Waals surface area contributed by atoms with E-state index in [2.05, 4.69) is 13.8 Å². The van der Waals surface area contributed by atoms with Gasteiger partial charge in [-0.3, -0.25) is 4.79 Å². The summed E-state index contributed by atoms with van der Waals surface area (Å²) in [5.74, 6) is 3.23. The van der Waals surface area contributed by atoms with Crippen molar-refractivity contribution in [2.24, 2.45) is 40.2 Å². The quantitative estimate of drug-likeness (QED) is 0.728. The maximum Gasteiger partial charge on any atom is 0.302 e. The fraction of sp³-hybridized carbons (Fsp3) is 0.952. The molecule has 8 atom stereocenters. The lowest BCUT2D eigenvalue weighted by atomic mass is 9.45. The van der Waals surface area contributed by atoms with E-state index in [0.717, 1.165) is 30.1 Å². The van der Waals surface area contributed by atoms with Crippen molar-refractivity contribution in [3.63, 3.8) is 0 Å². The molecular formula is C21H35NO2. The molecule has 3 heteroatoms. The number of carbonyl (C=O) groups excluding carboxylic acids is 1. The van der Waals surface area contributed by atoms with Crippen LogP contribution in [-0.4, -0.2) is 18.1 Å². The standard InChI is InChI=1S/C21H35NO2/c1-13(23)24-19-7-6-17-16-5-4-14-12-15(22)8-10-20(14,2)18(16)9-11-21(17,19)3/h14-19H,4-12,22H2,1-3H3/t14-,15+,16-,17-,18-,19-,20-,21-/m0/s1. The molecule has 0 radical (unpaired) electrons. The van der Waals surface area contributed by atoms with Crippen molar-refractivity contribution in [2.75, 3.05) is 0 Å². The van der Waals surface area contributed by atoms with Gasteiger partial charge in [-0.2, -0.15) is 0 Å². The van der Waals surface area contributed by atoms with Crippen molar-refractivity contribution < 1.29 is 9.53 Å². The summed E-state index contributed by atoms with van der Waals surface area (Å²) in [5.41, 5.74) is 7.03. The van der Waals surface area contributed by atoms with Crippen LogP contribution in [0.5, 0.6) is 0 Å². The van der Waals surface area contributed by atoms with Crippen LogP contribution >= 0.6 is 0 Å². The summed E-state index contributed by atoms with van der Waals surface area (Å²) < 4.78 is 5.75. The Kier molecular flexibility index (Phi) is 4.02. The molecule has 4 fully saturated rings. The first-order valence-electron chi connectivity index (χ1n) is 10.3. The number of carbonyl (C=O) groups is 1. The lowest BCUT2D eigenvalue weighted by Gasteiger charge is -2.60. The summed E-state index contributed by atoms with van der Waals surface area (Å²) in [6, 6.07) is 0.438. The Balaban J connectivity index is 1.57. The molecule has 2 N–H and O–H groups in total. The highest BCUT2D eigenvalue weighted by atomic mass is 16.5. The molecule has 0 aromatic rings. The van der Waals surface area contributed by atoms with Crippen LogP contribution in [0.25, 0.3) is 0 Å². The fourth-order valence-electron chi connectivity index (χ4n) is 7.64. The largest absolute Gasteiger partial charge is 0.462 e. The second-order valence-corrected chi connectivity index (χ2v) is 9.91. The molecule has 0 saturated heterocycles. The maximum absolute atomic E-state index is 11.5. The minimum Gasteiger partial charge on any atom is -0.462 e. The smallest absolute Gasteiger partial charge is 0.302 e. The van der Waals surface area contributed by atoms with Crippen LogP contribution in [0.4, 0.5) is 0 Å². The zero-order valence-electron chi connectivity index (χ0n) is 15.7. The van der Waals surface area contributed by atoms with E-state index in [9.17, 15) is 4.79 Å². The normalized spacial score (nSPS) is 53.7. The van der Waals surface area contributed by atoms with Gasteiger partial charge in [-0.25, -0.2) is 0 Å². The summed E-state index contributed by atoms with van der Waals surface area (Å²) >= 11 is 0. The van der Waals surface area contributed by atoms with Gasteiger partial charge >= 0.3 is 5.97 Å². The Labute approximate surface area is 147 Å². The van der Waals surface area contributed by atoms with Crippen LogP contribution in [0.15, 0.2) is 0 Å². The summed E-state index contributed by atoms with van der Waals surface area (Å²) in [6.07, 6.45) is 11.6. The minimum absolute atomic E-state index is 0.0964. The van der Waals surface area contributed by atoms with Gasteiger partial charge in [0.1, 0.15) is 6.10 Å². The number of hydrogen-bond acceptors (Lipinski definition) is 3. The molecule has 0 aromatic carbocycles. The van der Waals surface area contributed by atoms with E-state index in [0.29, 0.717) is 11.5 Å². The zero-order valence-corrected chi connectivity index (χ0v) is 15.7. The van der Waals surface area contributed by atoms with Crippen molar-refractivity contribution in [2.45, 2.75) is 90.7 Å². The van der Waals surface area contributed by atoms with E-state index in [1.165, 1.54) is 51.4 Å². The van der Waals surface area contributed by atoms with Crippen molar-refractivity contribution in [3.05, 3.63) is 0 Å². The van der Waals surface area contributed by atoms with Gasteiger partial charge in [0, 0.05) is 18.4 Å². The summed E-state index contributed by atoms with van der Waals surface area (Å²) in [4.78, 5) is 11.5. The molecular weight excluding hydrogens is 298 g/mol. The van der Waals surface area contributed by atoms with Crippen LogP contribution in [0, 0.1) is 34.5 Å². The number of ether oxygens (including phenoxy) is 1. The first kappa shape index (κ1) is 16.9. The van der Waals surface area contributed by atoms with Gasteiger partial charge in [-0.05, 0) is 86.9 Å². The Hall–Kier alpha value is -0.570. The van der Waals surface area contributed by atoms with E-state index >= 15 is 0 Å². The summed E-state index contributed by atoms with van der Waals surface area (Å²) in [6.45, 7) is 6.57. The highest BCUT2D eigenvalue weighted by Crippen LogP contribution is 2.66. The zero-order chi connectivity index (χ0) is 17.1. The Morgan fingerprint density at radius 2 is 1.67 bits per heavy atom. The molecule has 4 aliphatic rings. The van der Waals surface area contributed by atoms with Crippen LogP contribution in [0.2, 0.25) is 0 Å². The molecule has 4 rings (SSSR count). The predicted octanol–water partition coefficient (Wildman–Crippen LogP) is 4.29. The average molecular weight is 334 g/mol. The van der Waals surface area contributed by atoms with Gasteiger partial charge in [0.2, 0.25) is 0 Å². The third-order valence-corrected chi connectivity index (χ3v) is 8.93. The molecule has 4 aliphatic carbocycles. The molecule has 3 nitrogen and oxygen atoms in total. The van der Waals surface area contributed by atoms with E-state index in [1.54, 1.807) is 6.92 Å². The topological polar surface area (TPSA) is 52.3 Å². The van der Waals surface area contributed by atoms with Crippen molar-refractivity contribution in [1.82, 2.24) is 0 Å². The predicted molar refractivity (Wildman–Crippen MR) is 95.3 cm³/mol. The van der Waals surface area contributed by atoms with E-state index < -0.39 is 0 Å². The van der Waals surface area contributed by atoms with E-state index in [1.807, 2.05) is 0 Å². The molecule has 0 aromatic heterocycles. The first-order valence-corrected chi connectivity index (χ1v) is 10.3. The molecule has 0 amide bonds. The van der Waals surface area contributed by atoms with Gasteiger partial charge < -0.3 is 10.5 Å². The highest BCUT2D eigenvalue weighted by Gasteiger charge is 2.60. The lowest BCUT2D eigenvalue weighted by Crippen LogP contribution is -2.55. The molecule has 0 unspecified atom stereocenters. The molecule has 24 heavy (non-hydrogen) atoms. The van der Waals surface area contributed by atoms with Gasteiger partial charge in [0.05, 0.1) is 0 Å². The minimum atomic E-state index is -0.0964. The Morgan fingerprint density at radius 3 is 2.42 bits per heavy atom. The second-order valence-electron chi connectivity index (χ2n) is 9.91. The van der Waals surface area contributed by atoms with Gasteiger partial charge in [0.25, 0.3) is 0 Å². The van der Waals surface area contributed by atoms with Crippen LogP contribution in [-0.2, 0) is 9.53 Å². The molecule has 0 spiro atoms. The molecule has 4 saturated carbocycles. The van der Waals surface area contributed by atoms with Gasteiger partial charge in [-0.1, -0.05) is 13.8 Å². The van der Waals surface area contributed by atoms with Crippen LogP contribution < -0.4 is 5.73 Å². The fourth-order valence-corrected chi connectivity index (χ4v) is 7.64. The van der Waals surface area contributed by atoms with Gasteiger partial charge in [0.15, 0.2) is 0 Å². The van der Waals surface area contributed by atoms with Crippen molar-refractivity contribution in [3.8, 4) is 0 Å². The van der Waals surface area contributed by atoms with Crippen molar-refractivity contribution in [1.29, 1.82) is 0 Å². The third-order valence-electron chi connectivity index (χ3n) is 8.93. The number of fused-ring (bicyclic) bond motifs is 5. The molecule has 0 heterocycles. The van der Waals surface area contributed by atoms with Crippen molar-refractivity contribution >= 4 is 5.97 Å². The molecule has 0 bridgehead atoms. The summed E-state index contributed by atoms with van der Waals surface area (Å²) in [5, 5.41) is 0. The number of nitrogens with two attached hydrogens (primary N) is 1. The highest BCUT2D eigenvalue weighted by molar-refractivity contribution is 5.66. The SMILES string of the molecule is CC(=O)O[C@H]1CC[C@H]2[C@@H]3CC[C@H]4C[C@H](N)CC[C@]4(C)[C@H]3CC[C@]12C. The number of esters is 1. The Bertz CT molecular complexity index is 520. The lowest BCUT2D eigenvalue weighted by molar-refractivity contribution is -0.161. The molecule has 136 valence electrons. The molecule has 0 aliphatic heterocycles. The number of rotatable bonds is 1. The first-order chi connectivity index (χ1) is 11.3. The van der Waals surface area contributed by atoms with E-state index in [-0.39, 0.29) is 17.5 Å². The van der Waals surface area contributed by atoms with Crippen LogP contribution in [0.3, 0.4) is 0 Å².